The van der Waals surface area contributed by atoms with Crippen LogP contribution < -0.4 is 10.5 Å². The van der Waals surface area contributed by atoms with E-state index in [0.717, 1.165) is 0 Å². The fourth-order valence-corrected chi connectivity index (χ4v) is 3.66. The summed E-state index contributed by atoms with van der Waals surface area (Å²) in [5, 5.41) is 9.30. The average molecular weight is 370 g/mol. The number of methoxy groups -OCH3 is 1. The molecule has 2 aromatic carbocycles. The van der Waals surface area contributed by atoms with Crippen LogP contribution in [0.1, 0.15) is 11.1 Å². The molecule has 0 fully saturated rings. The van der Waals surface area contributed by atoms with Crippen LogP contribution in [0.3, 0.4) is 0 Å². The van der Waals surface area contributed by atoms with Gasteiger partial charge in [0.25, 0.3) is 0 Å². The second kappa shape index (κ2) is 6.90. The molecule has 8 heteroatoms. The Labute approximate surface area is 149 Å². The number of fused-ring (bicyclic) bond motifs is 1. The van der Waals surface area contributed by atoms with E-state index in [4.69, 9.17) is 9.15 Å². The number of ether oxygens (including phenoxy) is 1. The zero-order chi connectivity index (χ0) is 18.7. The van der Waals surface area contributed by atoms with Crippen molar-refractivity contribution >= 4 is 27.0 Å². The van der Waals surface area contributed by atoms with E-state index in [9.17, 15) is 18.5 Å². The number of allylic oxidation sites excluding steroid dienone is 1. The van der Waals surface area contributed by atoms with Gasteiger partial charge in [-0.15, -0.1) is 0 Å². The van der Waals surface area contributed by atoms with Gasteiger partial charge in [0.1, 0.15) is 16.7 Å². The Bertz CT molecular complexity index is 1180. The number of oxazole rings is 1. The molecule has 0 radical (unpaired) electrons. The molecule has 0 spiro atoms. The predicted octanol–water partition coefficient (Wildman–Crippen LogP) is 2.61. The second-order valence-electron chi connectivity index (χ2n) is 5.50. The monoisotopic (exact) mass is 370 g/mol. The van der Waals surface area contributed by atoms with Gasteiger partial charge in [0.15, 0.2) is 15.4 Å². The Morgan fingerprint density at radius 3 is 2.65 bits per heavy atom. The third-order valence-corrected chi connectivity index (χ3v) is 5.30. The molecule has 1 aromatic heterocycles. The number of benzene rings is 2. The van der Waals surface area contributed by atoms with Crippen LogP contribution >= 0.6 is 0 Å². The van der Waals surface area contributed by atoms with Crippen molar-refractivity contribution in [2.24, 2.45) is 0 Å². The van der Waals surface area contributed by atoms with Gasteiger partial charge in [-0.1, -0.05) is 18.2 Å². The van der Waals surface area contributed by atoms with E-state index in [1.807, 2.05) is 0 Å². The van der Waals surface area contributed by atoms with Crippen molar-refractivity contribution in [1.82, 2.24) is 4.98 Å². The van der Waals surface area contributed by atoms with Gasteiger partial charge >= 0.3 is 5.76 Å². The third kappa shape index (κ3) is 3.68. The molecular formula is C18H14N2O5S. The summed E-state index contributed by atoms with van der Waals surface area (Å²) in [5.74, 6) is -0.296. The van der Waals surface area contributed by atoms with Crippen LogP contribution in [0.4, 0.5) is 0 Å². The highest BCUT2D eigenvalue weighted by atomic mass is 32.2. The molecule has 3 aromatic rings. The molecule has 0 aliphatic carbocycles. The van der Waals surface area contributed by atoms with Gasteiger partial charge in [-0.05, 0) is 41.5 Å². The molecule has 7 nitrogen and oxygen atoms in total. The maximum Gasteiger partial charge on any atom is 0.417 e. The number of nitrogens with one attached hydrogen (secondary N) is 1. The Balaban J connectivity index is 1.92. The summed E-state index contributed by atoms with van der Waals surface area (Å²) in [4.78, 5) is 13.3. The number of hydrogen-bond donors (Lipinski definition) is 1. The predicted molar refractivity (Wildman–Crippen MR) is 96.0 cm³/mol. The summed E-state index contributed by atoms with van der Waals surface area (Å²) in [6, 6.07) is 13.0. The van der Waals surface area contributed by atoms with E-state index in [1.54, 1.807) is 42.5 Å². The quantitative estimate of drug-likeness (QED) is 0.691. The van der Waals surface area contributed by atoms with E-state index in [2.05, 4.69) is 4.98 Å². The average Bonchev–Trinajstić information content (AvgIpc) is 2.99. The van der Waals surface area contributed by atoms with Crippen molar-refractivity contribution in [3.8, 4) is 11.8 Å². The van der Waals surface area contributed by atoms with Crippen LogP contribution in [0, 0.1) is 11.3 Å². The fourth-order valence-electron chi connectivity index (χ4n) is 2.41. The third-order valence-electron chi connectivity index (χ3n) is 3.70. The first-order valence-corrected chi connectivity index (χ1v) is 9.17. The highest BCUT2D eigenvalue weighted by Gasteiger charge is 2.19. The Morgan fingerprint density at radius 1 is 1.27 bits per heavy atom. The summed E-state index contributed by atoms with van der Waals surface area (Å²) in [6.45, 7) is 0. The first-order valence-electron chi connectivity index (χ1n) is 7.51. The number of rotatable bonds is 5. The second-order valence-corrected chi connectivity index (χ2v) is 7.46. The van der Waals surface area contributed by atoms with Crippen LogP contribution in [-0.2, 0) is 15.6 Å². The number of H-pyrrole nitrogens is 1. The van der Waals surface area contributed by atoms with Gasteiger partial charge in [-0.25, -0.2) is 13.2 Å². The van der Waals surface area contributed by atoms with Crippen molar-refractivity contribution in [2.45, 2.75) is 5.75 Å². The Morgan fingerprint density at radius 2 is 2.00 bits per heavy atom. The first kappa shape index (κ1) is 17.5. The van der Waals surface area contributed by atoms with E-state index in [1.165, 1.54) is 19.3 Å². The first-order chi connectivity index (χ1) is 12.4. The number of hydrogen-bond acceptors (Lipinski definition) is 6. The van der Waals surface area contributed by atoms with Gasteiger partial charge in [0.05, 0.1) is 18.4 Å². The summed E-state index contributed by atoms with van der Waals surface area (Å²) in [6.07, 6.45) is 1.26. The van der Waals surface area contributed by atoms with Crippen LogP contribution in [0.25, 0.3) is 17.2 Å². The largest absolute Gasteiger partial charge is 0.497 e. The molecule has 1 N–H and O–H groups in total. The van der Waals surface area contributed by atoms with Crippen LogP contribution in [-0.4, -0.2) is 20.5 Å². The van der Waals surface area contributed by atoms with Crippen molar-refractivity contribution in [3.05, 3.63) is 69.0 Å². The number of nitrogens with zero attached hydrogens (tertiary/aromatic N) is 1. The minimum atomic E-state index is -3.83. The molecule has 1 heterocycles. The lowest BCUT2D eigenvalue weighted by atomic mass is 10.2. The normalized spacial score (nSPS) is 12.1. The Hall–Kier alpha value is -3.31. The van der Waals surface area contributed by atoms with Gasteiger partial charge in [0, 0.05) is 0 Å². The molecule has 0 unspecified atom stereocenters. The summed E-state index contributed by atoms with van der Waals surface area (Å²) in [5.41, 5.74) is 1.76. The molecule has 26 heavy (non-hydrogen) atoms. The summed E-state index contributed by atoms with van der Waals surface area (Å²) >= 11 is 0. The summed E-state index contributed by atoms with van der Waals surface area (Å²) < 4.78 is 35.1. The lowest BCUT2D eigenvalue weighted by Crippen LogP contribution is -2.06. The van der Waals surface area contributed by atoms with E-state index in [-0.39, 0.29) is 16.2 Å². The van der Waals surface area contributed by atoms with Crippen molar-refractivity contribution in [1.29, 1.82) is 5.26 Å². The molecule has 0 saturated heterocycles. The van der Waals surface area contributed by atoms with E-state index >= 15 is 0 Å². The number of aromatic amines is 1. The maximum atomic E-state index is 12.6. The van der Waals surface area contributed by atoms with Gasteiger partial charge in [-0.3, -0.25) is 4.98 Å². The summed E-state index contributed by atoms with van der Waals surface area (Å²) in [7, 11) is -2.31. The van der Waals surface area contributed by atoms with Gasteiger partial charge in [-0.2, -0.15) is 5.26 Å². The molecular weight excluding hydrogens is 356 g/mol. The Kier molecular flexibility index (Phi) is 4.65. The standard InChI is InChI=1S/C18H14N2O5S/c1-24-14-5-2-12(3-6-14)11-26(22,23)15(10-19)8-13-4-7-16-17(9-13)25-18(21)20-16/h2-9H,11H2,1H3,(H,20,21)/b15-8-. The maximum absolute atomic E-state index is 12.6. The van der Waals surface area contributed by atoms with Crippen molar-refractivity contribution < 1.29 is 17.6 Å². The van der Waals surface area contributed by atoms with Crippen molar-refractivity contribution in [3.63, 3.8) is 0 Å². The molecule has 0 aliphatic rings. The molecule has 0 amide bonds. The molecule has 0 atom stereocenters. The van der Waals surface area contributed by atoms with Gasteiger partial charge in [0.2, 0.25) is 0 Å². The smallest absolute Gasteiger partial charge is 0.417 e. The minimum absolute atomic E-state index is 0.286. The van der Waals surface area contributed by atoms with E-state index < -0.39 is 15.6 Å². The molecule has 0 bridgehead atoms. The molecule has 0 aliphatic heterocycles. The SMILES string of the molecule is COc1ccc(CS(=O)(=O)/C(C#N)=C\c2ccc3[nH]c(=O)oc3c2)cc1. The highest BCUT2D eigenvalue weighted by Crippen LogP contribution is 2.21. The fraction of sp³-hybridized carbons (Fsp3) is 0.111. The van der Waals surface area contributed by atoms with Gasteiger partial charge < -0.3 is 9.15 Å². The minimum Gasteiger partial charge on any atom is -0.497 e. The zero-order valence-electron chi connectivity index (χ0n) is 13.7. The van der Waals surface area contributed by atoms with Crippen LogP contribution in [0.15, 0.2) is 56.6 Å². The molecule has 0 saturated carbocycles. The lowest BCUT2D eigenvalue weighted by Gasteiger charge is -2.05. The number of nitriles is 1. The molecule has 132 valence electrons. The topological polar surface area (TPSA) is 113 Å². The van der Waals surface area contributed by atoms with Crippen LogP contribution in [0.5, 0.6) is 5.75 Å². The molecule has 3 rings (SSSR count). The zero-order valence-corrected chi connectivity index (χ0v) is 14.5. The highest BCUT2D eigenvalue weighted by molar-refractivity contribution is 7.95. The lowest BCUT2D eigenvalue weighted by molar-refractivity contribution is 0.414. The number of sulfone groups is 1. The van der Waals surface area contributed by atoms with E-state index in [0.29, 0.717) is 22.4 Å². The van der Waals surface area contributed by atoms with Crippen LogP contribution in [0.2, 0.25) is 0 Å². The van der Waals surface area contributed by atoms with Crippen molar-refractivity contribution in [2.75, 3.05) is 7.11 Å². The number of aromatic nitrogens is 1.